The van der Waals surface area contributed by atoms with Crippen LogP contribution in [0.25, 0.3) is 11.0 Å². The van der Waals surface area contributed by atoms with E-state index in [1.54, 1.807) is 41.4 Å². The number of amides is 1. The Kier molecular flexibility index (Phi) is 4.69. The highest BCUT2D eigenvalue weighted by Gasteiger charge is 2.10. The maximum absolute atomic E-state index is 12.1. The first-order valence-corrected chi connectivity index (χ1v) is 8.66. The molecule has 1 N–H and O–H groups in total. The molecule has 0 aliphatic carbocycles. The van der Waals surface area contributed by atoms with Crippen LogP contribution in [0.1, 0.15) is 0 Å². The van der Waals surface area contributed by atoms with Crippen LogP contribution in [0.15, 0.2) is 52.2 Å². The van der Waals surface area contributed by atoms with Crippen LogP contribution in [0, 0.1) is 0 Å². The van der Waals surface area contributed by atoms with Gasteiger partial charge in [0, 0.05) is 29.7 Å². The van der Waals surface area contributed by atoms with Crippen molar-refractivity contribution in [3.05, 3.63) is 58.0 Å². The molecule has 5 nitrogen and oxygen atoms in total. The molecule has 3 rings (SSSR count). The first kappa shape index (κ1) is 16.7. The summed E-state index contributed by atoms with van der Waals surface area (Å²) in [5, 5.41) is 3.53. The van der Waals surface area contributed by atoms with Crippen LogP contribution in [0.3, 0.4) is 0 Å². The lowest BCUT2D eigenvalue weighted by molar-refractivity contribution is -0.113. The maximum Gasteiger partial charge on any atom is 0.328 e. The van der Waals surface area contributed by atoms with E-state index in [-0.39, 0.29) is 11.6 Å². The molecule has 0 bridgehead atoms. The number of benzene rings is 2. The Morgan fingerprint density at radius 3 is 2.46 bits per heavy atom. The third kappa shape index (κ3) is 3.34. The standard InChI is InChI=1S/C17H16ClN3O2S/c1-20-14-8-5-12(9-15(14)21(2)17(20)23)19-16(22)10-24-13-6-3-11(18)4-7-13/h3-9H,10H2,1-2H3,(H,19,22). The number of hydrogen-bond donors (Lipinski definition) is 1. The lowest BCUT2D eigenvalue weighted by Gasteiger charge is -2.06. The van der Waals surface area contributed by atoms with E-state index in [0.717, 1.165) is 15.9 Å². The minimum atomic E-state index is -0.102. The summed E-state index contributed by atoms with van der Waals surface area (Å²) >= 11 is 7.28. The van der Waals surface area contributed by atoms with Gasteiger partial charge in [0.25, 0.3) is 0 Å². The van der Waals surface area contributed by atoms with Gasteiger partial charge in [-0.15, -0.1) is 11.8 Å². The number of hydrogen-bond acceptors (Lipinski definition) is 3. The van der Waals surface area contributed by atoms with Crippen molar-refractivity contribution in [3.63, 3.8) is 0 Å². The molecular formula is C17H16ClN3O2S. The molecule has 0 spiro atoms. The molecule has 1 amide bonds. The molecule has 0 radical (unpaired) electrons. The van der Waals surface area contributed by atoms with Crippen LogP contribution in [0.4, 0.5) is 5.69 Å². The van der Waals surface area contributed by atoms with Gasteiger partial charge in [-0.25, -0.2) is 4.79 Å². The van der Waals surface area contributed by atoms with E-state index in [0.29, 0.717) is 16.5 Å². The molecule has 2 aromatic carbocycles. The predicted octanol–water partition coefficient (Wildman–Crippen LogP) is 3.26. The summed E-state index contributed by atoms with van der Waals surface area (Å²) in [5.74, 6) is 0.197. The van der Waals surface area contributed by atoms with Crippen molar-refractivity contribution < 1.29 is 4.79 Å². The fourth-order valence-corrected chi connectivity index (χ4v) is 3.29. The van der Waals surface area contributed by atoms with Gasteiger partial charge in [0.1, 0.15) is 0 Å². The number of anilines is 1. The molecule has 124 valence electrons. The third-order valence-corrected chi connectivity index (χ3v) is 5.00. The van der Waals surface area contributed by atoms with E-state index in [9.17, 15) is 9.59 Å². The number of imidazole rings is 1. The van der Waals surface area contributed by atoms with E-state index >= 15 is 0 Å². The van der Waals surface area contributed by atoms with Crippen LogP contribution in [0.5, 0.6) is 0 Å². The van der Waals surface area contributed by atoms with Gasteiger partial charge in [0.2, 0.25) is 5.91 Å². The first-order valence-electron chi connectivity index (χ1n) is 7.29. The Morgan fingerprint density at radius 2 is 1.75 bits per heavy atom. The summed E-state index contributed by atoms with van der Waals surface area (Å²) in [5.41, 5.74) is 2.19. The second-order valence-corrected chi connectivity index (χ2v) is 6.88. The van der Waals surface area contributed by atoms with Gasteiger partial charge in [-0.1, -0.05) is 11.6 Å². The van der Waals surface area contributed by atoms with Crippen molar-refractivity contribution in [3.8, 4) is 0 Å². The van der Waals surface area contributed by atoms with Crippen molar-refractivity contribution in [2.45, 2.75) is 4.90 Å². The summed E-state index contributed by atoms with van der Waals surface area (Å²) in [6.45, 7) is 0. The van der Waals surface area contributed by atoms with Gasteiger partial charge >= 0.3 is 5.69 Å². The van der Waals surface area contributed by atoms with Gasteiger partial charge in [-0.05, 0) is 42.5 Å². The lowest BCUT2D eigenvalue weighted by Crippen LogP contribution is -2.19. The molecule has 0 aliphatic heterocycles. The van der Waals surface area contributed by atoms with Gasteiger partial charge in [0.15, 0.2) is 0 Å². The predicted molar refractivity (Wildman–Crippen MR) is 99.0 cm³/mol. The van der Waals surface area contributed by atoms with Gasteiger partial charge < -0.3 is 5.32 Å². The van der Waals surface area contributed by atoms with Gasteiger partial charge in [0.05, 0.1) is 16.8 Å². The molecule has 0 aliphatic rings. The molecule has 0 unspecified atom stereocenters. The number of carbonyl (C=O) groups excluding carboxylic acids is 1. The Hall–Kier alpha value is -2.18. The number of aromatic nitrogens is 2. The molecule has 24 heavy (non-hydrogen) atoms. The Balaban J connectivity index is 1.70. The third-order valence-electron chi connectivity index (χ3n) is 3.74. The highest BCUT2D eigenvalue weighted by atomic mass is 35.5. The Labute approximate surface area is 148 Å². The summed E-state index contributed by atoms with van der Waals surface area (Å²) in [6.07, 6.45) is 0. The molecule has 0 atom stereocenters. The average Bonchev–Trinajstić information content (AvgIpc) is 2.79. The van der Waals surface area contributed by atoms with E-state index in [1.165, 1.54) is 11.8 Å². The zero-order valence-corrected chi connectivity index (χ0v) is 14.8. The van der Waals surface area contributed by atoms with Crippen LogP contribution in [-0.2, 0) is 18.9 Å². The van der Waals surface area contributed by atoms with E-state index in [1.807, 2.05) is 24.3 Å². The monoisotopic (exact) mass is 361 g/mol. The van der Waals surface area contributed by atoms with Crippen LogP contribution < -0.4 is 11.0 Å². The topological polar surface area (TPSA) is 56.0 Å². The second kappa shape index (κ2) is 6.75. The van der Waals surface area contributed by atoms with Crippen molar-refractivity contribution in [2.75, 3.05) is 11.1 Å². The summed E-state index contributed by atoms with van der Waals surface area (Å²) in [4.78, 5) is 25.0. The molecule has 0 saturated carbocycles. The zero-order valence-electron chi connectivity index (χ0n) is 13.2. The molecule has 7 heteroatoms. The first-order chi connectivity index (χ1) is 11.5. The molecule has 0 fully saturated rings. The van der Waals surface area contributed by atoms with E-state index in [2.05, 4.69) is 5.32 Å². The van der Waals surface area contributed by atoms with Crippen molar-refractivity contribution in [1.82, 2.24) is 9.13 Å². The van der Waals surface area contributed by atoms with Gasteiger partial charge in [-0.3, -0.25) is 13.9 Å². The van der Waals surface area contributed by atoms with Crippen LogP contribution >= 0.6 is 23.4 Å². The molecule has 1 heterocycles. The van der Waals surface area contributed by atoms with Crippen LogP contribution in [0.2, 0.25) is 5.02 Å². The SMILES string of the molecule is Cn1c(=O)n(C)c2cc(NC(=O)CSc3ccc(Cl)cc3)ccc21. The number of aryl methyl sites for hydroxylation is 2. The normalized spacial score (nSPS) is 11.0. The number of nitrogens with zero attached hydrogens (tertiary/aromatic N) is 2. The number of nitrogens with one attached hydrogen (secondary N) is 1. The largest absolute Gasteiger partial charge is 0.328 e. The Bertz CT molecular complexity index is 960. The van der Waals surface area contributed by atoms with Crippen LogP contribution in [-0.4, -0.2) is 20.8 Å². The number of rotatable bonds is 4. The maximum atomic E-state index is 12.1. The number of halogens is 1. The molecule has 3 aromatic rings. The highest BCUT2D eigenvalue weighted by Crippen LogP contribution is 2.21. The Morgan fingerprint density at radius 1 is 1.08 bits per heavy atom. The average molecular weight is 362 g/mol. The van der Waals surface area contributed by atoms with Crippen molar-refractivity contribution >= 4 is 46.0 Å². The highest BCUT2D eigenvalue weighted by molar-refractivity contribution is 8.00. The fraction of sp³-hybridized carbons (Fsp3) is 0.176. The summed E-state index contributed by atoms with van der Waals surface area (Å²) in [6, 6.07) is 12.8. The smallest absolute Gasteiger partial charge is 0.325 e. The summed E-state index contributed by atoms with van der Waals surface area (Å²) < 4.78 is 3.14. The zero-order chi connectivity index (χ0) is 17.3. The van der Waals surface area contributed by atoms with Crippen molar-refractivity contribution in [2.24, 2.45) is 14.1 Å². The minimum absolute atomic E-state index is 0.0910. The minimum Gasteiger partial charge on any atom is -0.325 e. The number of carbonyl (C=O) groups is 1. The van der Waals surface area contributed by atoms with E-state index in [4.69, 9.17) is 11.6 Å². The second-order valence-electron chi connectivity index (χ2n) is 5.39. The quantitative estimate of drug-likeness (QED) is 0.726. The molecular weight excluding hydrogens is 346 g/mol. The number of thioether (sulfide) groups is 1. The van der Waals surface area contributed by atoms with Crippen molar-refractivity contribution in [1.29, 1.82) is 0 Å². The fourth-order valence-electron chi connectivity index (χ4n) is 2.46. The lowest BCUT2D eigenvalue weighted by atomic mass is 10.2. The van der Waals surface area contributed by atoms with E-state index < -0.39 is 0 Å². The van der Waals surface area contributed by atoms with Gasteiger partial charge in [-0.2, -0.15) is 0 Å². The molecule has 0 saturated heterocycles. The number of fused-ring (bicyclic) bond motifs is 1. The molecule has 1 aromatic heterocycles. The summed E-state index contributed by atoms with van der Waals surface area (Å²) in [7, 11) is 3.44.